The number of aryl methyl sites for hydroxylation is 1. The number of amides is 2. The minimum Gasteiger partial charge on any atom is -0.495 e. The van der Waals surface area contributed by atoms with Crippen molar-refractivity contribution >= 4 is 40.8 Å². The first-order valence-corrected chi connectivity index (χ1v) is 15.3. The first-order chi connectivity index (χ1) is 21.8. The van der Waals surface area contributed by atoms with Crippen molar-refractivity contribution in [2.24, 2.45) is 5.41 Å². The van der Waals surface area contributed by atoms with Crippen molar-refractivity contribution in [2.75, 3.05) is 37.4 Å². The molecule has 4 atom stereocenters. The van der Waals surface area contributed by atoms with E-state index in [1.807, 2.05) is 25.7 Å². The Bertz CT molecular complexity index is 1760. The fourth-order valence-electron chi connectivity index (χ4n) is 7.64. The summed E-state index contributed by atoms with van der Waals surface area (Å²) in [6, 6.07) is 9.40. The Morgan fingerprint density at radius 1 is 1.15 bits per heavy atom. The highest BCUT2D eigenvalue weighted by Gasteiger charge is 2.72. The summed E-state index contributed by atoms with van der Waals surface area (Å²) >= 11 is 6.35. The largest absolute Gasteiger partial charge is 0.495 e. The van der Waals surface area contributed by atoms with E-state index in [2.05, 4.69) is 4.98 Å². The number of hydrogen-bond donors (Lipinski definition) is 1. The minimum absolute atomic E-state index is 0.0552. The summed E-state index contributed by atoms with van der Waals surface area (Å²) < 4.78 is 26.7. The van der Waals surface area contributed by atoms with E-state index in [0.717, 1.165) is 0 Å². The number of aliphatic hydroxyl groups excluding tert-OH is 1. The molecule has 4 heterocycles. The summed E-state index contributed by atoms with van der Waals surface area (Å²) in [7, 11) is 2.72. The second-order valence-electron chi connectivity index (χ2n) is 13.2. The van der Waals surface area contributed by atoms with E-state index in [-0.39, 0.29) is 39.9 Å². The summed E-state index contributed by atoms with van der Waals surface area (Å²) in [6.45, 7) is 7.39. The van der Waals surface area contributed by atoms with Crippen LogP contribution in [0.15, 0.2) is 48.7 Å². The molecule has 2 aromatic carbocycles. The Labute approximate surface area is 271 Å². The van der Waals surface area contributed by atoms with Crippen molar-refractivity contribution in [1.82, 2.24) is 9.88 Å². The van der Waals surface area contributed by atoms with Gasteiger partial charge in [-0.1, -0.05) is 44.5 Å². The van der Waals surface area contributed by atoms with Gasteiger partial charge in [-0.05, 0) is 54.7 Å². The molecule has 1 N–H and O–H groups in total. The number of carbonyl (C=O) groups is 3. The lowest BCUT2D eigenvalue weighted by Gasteiger charge is -2.40. The van der Waals surface area contributed by atoms with E-state index in [1.54, 1.807) is 48.4 Å². The summed E-state index contributed by atoms with van der Waals surface area (Å²) in [4.78, 5) is 51.3. The number of halogens is 2. The lowest BCUT2D eigenvalue weighted by atomic mass is 9.62. The zero-order valence-electron chi connectivity index (χ0n) is 26.5. The van der Waals surface area contributed by atoms with Crippen LogP contribution in [0.2, 0.25) is 5.02 Å². The molecule has 2 fully saturated rings. The van der Waals surface area contributed by atoms with Crippen LogP contribution in [0.25, 0.3) is 0 Å². The number of benzene rings is 2. The molecular weight excluding hydrogens is 615 g/mol. The van der Waals surface area contributed by atoms with Crippen molar-refractivity contribution < 1.29 is 33.4 Å². The smallest absolute Gasteiger partial charge is 0.337 e. The van der Waals surface area contributed by atoms with E-state index in [1.165, 1.54) is 31.3 Å². The molecule has 0 radical (unpaired) electrons. The highest BCUT2D eigenvalue weighted by Crippen LogP contribution is 2.63. The predicted molar refractivity (Wildman–Crippen MR) is 170 cm³/mol. The number of nitrogens with zero attached hydrogens (tertiary/aromatic N) is 4. The molecule has 1 spiro atoms. The van der Waals surface area contributed by atoms with Gasteiger partial charge in [-0.3, -0.25) is 29.3 Å². The van der Waals surface area contributed by atoms with E-state index in [9.17, 15) is 19.5 Å². The number of aliphatic hydroxyl groups is 1. The molecule has 3 aliphatic heterocycles. The van der Waals surface area contributed by atoms with E-state index in [0.29, 0.717) is 29.1 Å². The third kappa shape index (κ3) is 4.58. The van der Waals surface area contributed by atoms with Crippen molar-refractivity contribution in [3.63, 3.8) is 0 Å². The van der Waals surface area contributed by atoms with E-state index >= 15 is 4.39 Å². The van der Waals surface area contributed by atoms with Crippen molar-refractivity contribution in [1.29, 1.82) is 0 Å². The molecule has 6 rings (SSSR count). The third-order valence-corrected chi connectivity index (χ3v) is 9.71. The lowest BCUT2D eigenvalue weighted by molar-refractivity contribution is -0.125. The summed E-state index contributed by atoms with van der Waals surface area (Å²) in [5.41, 5.74) is 0.620. The fourth-order valence-corrected chi connectivity index (χ4v) is 7.82. The molecule has 242 valence electrons. The maximum atomic E-state index is 16.2. The molecule has 0 aliphatic carbocycles. The maximum absolute atomic E-state index is 16.2. The Morgan fingerprint density at radius 2 is 1.89 bits per heavy atom. The second kappa shape index (κ2) is 11.3. The van der Waals surface area contributed by atoms with Gasteiger partial charge in [-0.25, -0.2) is 9.18 Å². The Balaban J connectivity index is 1.61. The Morgan fingerprint density at radius 3 is 2.54 bits per heavy atom. The predicted octanol–water partition coefficient (Wildman–Crippen LogP) is 4.79. The van der Waals surface area contributed by atoms with Gasteiger partial charge in [-0.2, -0.15) is 0 Å². The molecule has 0 saturated carbocycles. The van der Waals surface area contributed by atoms with Crippen LogP contribution in [0, 0.1) is 18.2 Å². The Hall–Kier alpha value is -4.06. The average Bonchev–Trinajstić information content (AvgIpc) is 3.58. The zero-order valence-corrected chi connectivity index (χ0v) is 27.3. The van der Waals surface area contributed by atoms with Crippen molar-refractivity contribution in [2.45, 2.75) is 57.5 Å². The third-order valence-electron chi connectivity index (χ3n) is 9.42. The second-order valence-corrected chi connectivity index (χ2v) is 13.6. The van der Waals surface area contributed by atoms with Gasteiger partial charge in [0.25, 0.3) is 0 Å². The number of esters is 1. The number of pyridine rings is 1. The molecule has 3 aliphatic rings. The van der Waals surface area contributed by atoms with Gasteiger partial charge in [-0.15, -0.1) is 0 Å². The molecular formula is C34H36ClFN4O6. The van der Waals surface area contributed by atoms with E-state index in [4.69, 9.17) is 21.1 Å². The van der Waals surface area contributed by atoms with Gasteiger partial charge >= 0.3 is 5.97 Å². The minimum atomic E-state index is -1.48. The Kier molecular flexibility index (Phi) is 7.85. The van der Waals surface area contributed by atoms with Crippen LogP contribution >= 0.6 is 11.6 Å². The number of rotatable bonds is 6. The number of ether oxygens (including phenoxy) is 2. The van der Waals surface area contributed by atoms with Crippen LogP contribution in [-0.4, -0.2) is 72.5 Å². The molecule has 10 nitrogen and oxygen atoms in total. The topological polar surface area (TPSA) is 113 Å². The van der Waals surface area contributed by atoms with Gasteiger partial charge in [0, 0.05) is 29.4 Å². The van der Waals surface area contributed by atoms with Crippen molar-refractivity contribution in [3.8, 4) is 5.75 Å². The molecule has 2 amide bonds. The first kappa shape index (κ1) is 31.9. The van der Waals surface area contributed by atoms with Crippen LogP contribution in [0.1, 0.15) is 60.3 Å². The number of anilines is 2. The summed E-state index contributed by atoms with van der Waals surface area (Å²) in [5.74, 6) is -2.83. The van der Waals surface area contributed by atoms with Crippen LogP contribution in [0.3, 0.4) is 0 Å². The molecule has 46 heavy (non-hydrogen) atoms. The normalized spacial score (nSPS) is 24.2. The van der Waals surface area contributed by atoms with Crippen LogP contribution in [-0.2, 0) is 19.7 Å². The van der Waals surface area contributed by atoms with Crippen molar-refractivity contribution in [3.05, 3.63) is 81.9 Å². The van der Waals surface area contributed by atoms with Crippen LogP contribution < -0.4 is 14.5 Å². The lowest BCUT2D eigenvalue weighted by Crippen LogP contribution is -2.54. The first-order valence-electron chi connectivity index (χ1n) is 15.0. The molecule has 12 heteroatoms. The summed E-state index contributed by atoms with van der Waals surface area (Å²) in [6.07, 6.45) is 2.07. The van der Waals surface area contributed by atoms with Gasteiger partial charge in [0.15, 0.2) is 0 Å². The standard InChI is InChI=1S/C34H36ClFN4O6/c1-18-12-24-21(15-37-18)34(32(44)40(24)17-41)26(14-33(2,3)4)39-16-38(23-11-10-19(31(43)46-6)13-25(23)45-5)30(42)29(39)27(34)20-8-7-9-22(35)28(20)36/h7-13,15,26-27,29,41H,14,16-17H2,1-6H3/t26-,27-,29+,34+/m0/s1. The molecule has 0 unspecified atom stereocenters. The van der Waals surface area contributed by atoms with Gasteiger partial charge in [0.2, 0.25) is 11.8 Å². The number of carbonyl (C=O) groups excluding carboxylic acids is 3. The quantitative estimate of drug-likeness (QED) is 0.379. The molecule has 0 bridgehead atoms. The zero-order chi connectivity index (χ0) is 33.3. The number of hydrogen-bond acceptors (Lipinski definition) is 8. The number of fused-ring (bicyclic) bond motifs is 3. The highest BCUT2D eigenvalue weighted by atomic mass is 35.5. The highest BCUT2D eigenvalue weighted by molar-refractivity contribution is 6.30. The molecule has 2 saturated heterocycles. The van der Waals surface area contributed by atoms with Gasteiger partial charge in [0.1, 0.15) is 23.7 Å². The summed E-state index contributed by atoms with van der Waals surface area (Å²) in [5, 5.41) is 10.4. The van der Waals surface area contributed by atoms with Gasteiger partial charge < -0.3 is 14.6 Å². The van der Waals surface area contributed by atoms with Crippen LogP contribution in [0.4, 0.5) is 15.8 Å². The average molecular weight is 651 g/mol. The monoisotopic (exact) mass is 650 g/mol. The fraction of sp³-hybridized carbons (Fsp3) is 0.412. The molecule has 3 aromatic rings. The number of methoxy groups -OCH3 is 2. The maximum Gasteiger partial charge on any atom is 0.337 e. The number of aromatic nitrogens is 1. The van der Waals surface area contributed by atoms with E-state index < -0.39 is 47.8 Å². The van der Waals surface area contributed by atoms with Crippen LogP contribution in [0.5, 0.6) is 5.75 Å². The van der Waals surface area contributed by atoms with Gasteiger partial charge in [0.05, 0.1) is 48.9 Å². The molecule has 1 aromatic heterocycles. The SMILES string of the molecule is COC(=O)c1ccc(N2CN3[C@@H](CC(C)(C)C)[C@@]4(C(=O)N(CO)c5cc(C)ncc54)[C@@H](c4cccc(Cl)c4F)[C@@H]3C2=O)c(OC)c1.